The minimum Gasteiger partial charge on any atom is -0.477 e. The quantitative estimate of drug-likeness (QED) is 0.873. The van der Waals surface area contributed by atoms with E-state index in [4.69, 9.17) is 5.11 Å². The van der Waals surface area contributed by atoms with Gasteiger partial charge in [-0.2, -0.15) is 12.7 Å². The Morgan fingerprint density at radius 3 is 2.45 bits per heavy atom. The molecule has 0 atom stereocenters. The molecule has 2 rings (SSSR count). The average Bonchev–Trinajstić information content (AvgIpc) is 2.67. The number of rotatable bonds is 4. The van der Waals surface area contributed by atoms with E-state index >= 15 is 0 Å². The molecule has 0 aromatic carbocycles. The van der Waals surface area contributed by atoms with Gasteiger partial charge in [0.2, 0.25) is 0 Å². The van der Waals surface area contributed by atoms with Crippen LogP contribution in [0.15, 0.2) is 18.2 Å². The van der Waals surface area contributed by atoms with Gasteiger partial charge in [0.15, 0.2) is 5.69 Å². The molecule has 2 N–H and O–H groups in total. The van der Waals surface area contributed by atoms with Gasteiger partial charge >= 0.3 is 16.2 Å². The van der Waals surface area contributed by atoms with Crippen LogP contribution in [0.1, 0.15) is 36.2 Å². The predicted molar refractivity (Wildman–Crippen MR) is 73.8 cm³/mol. The number of hydrogen-bond acceptors (Lipinski definition) is 4. The van der Waals surface area contributed by atoms with Crippen LogP contribution in [0.25, 0.3) is 0 Å². The van der Waals surface area contributed by atoms with E-state index in [-0.39, 0.29) is 11.5 Å². The molecule has 110 valence electrons. The van der Waals surface area contributed by atoms with Gasteiger partial charge in [0.25, 0.3) is 0 Å². The summed E-state index contributed by atoms with van der Waals surface area (Å²) in [6.07, 6.45) is 3.73. The molecule has 7 nitrogen and oxygen atoms in total. The van der Waals surface area contributed by atoms with Crippen molar-refractivity contribution in [3.05, 3.63) is 23.9 Å². The molecule has 0 saturated carbocycles. The topological polar surface area (TPSA) is 99.6 Å². The maximum Gasteiger partial charge on any atom is 0.354 e. The smallest absolute Gasteiger partial charge is 0.354 e. The summed E-state index contributed by atoms with van der Waals surface area (Å²) in [5.41, 5.74) is -0.193. The number of carboxylic acid groups (broad SMARTS) is 1. The first kappa shape index (κ1) is 14.7. The fourth-order valence-corrected chi connectivity index (χ4v) is 3.34. The Kier molecular flexibility index (Phi) is 4.56. The van der Waals surface area contributed by atoms with Gasteiger partial charge in [-0.1, -0.05) is 18.9 Å². The molecule has 1 aromatic heterocycles. The summed E-state index contributed by atoms with van der Waals surface area (Å²) in [6.45, 7) is 0.960. The van der Waals surface area contributed by atoms with Crippen molar-refractivity contribution in [1.29, 1.82) is 0 Å². The van der Waals surface area contributed by atoms with Gasteiger partial charge in [-0.3, -0.25) is 4.72 Å². The summed E-state index contributed by atoms with van der Waals surface area (Å²) in [6, 6.07) is 4.20. The molecule has 0 unspecified atom stereocenters. The normalized spacial score (nSPS) is 17.4. The number of anilines is 1. The van der Waals surface area contributed by atoms with Crippen molar-refractivity contribution in [1.82, 2.24) is 9.29 Å². The first-order valence-corrected chi connectivity index (χ1v) is 7.91. The number of pyridine rings is 1. The van der Waals surface area contributed by atoms with Crippen LogP contribution in [0, 0.1) is 0 Å². The zero-order valence-corrected chi connectivity index (χ0v) is 11.8. The van der Waals surface area contributed by atoms with Crippen LogP contribution < -0.4 is 4.72 Å². The molecule has 2 heterocycles. The maximum absolute atomic E-state index is 12.2. The highest BCUT2D eigenvalue weighted by Crippen LogP contribution is 2.15. The van der Waals surface area contributed by atoms with Crippen LogP contribution in [0.5, 0.6) is 0 Å². The van der Waals surface area contributed by atoms with Crippen molar-refractivity contribution in [2.75, 3.05) is 17.8 Å². The van der Waals surface area contributed by atoms with Crippen molar-refractivity contribution < 1.29 is 18.3 Å². The molecule has 0 spiro atoms. The van der Waals surface area contributed by atoms with E-state index in [9.17, 15) is 13.2 Å². The summed E-state index contributed by atoms with van der Waals surface area (Å²) in [5, 5.41) is 8.84. The molecular weight excluding hydrogens is 282 g/mol. The Labute approximate surface area is 117 Å². The Morgan fingerprint density at radius 2 is 1.85 bits per heavy atom. The molecule has 0 bridgehead atoms. The summed E-state index contributed by atoms with van der Waals surface area (Å²) in [5.74, 6) is -1.17. The van der Waals surface area contributed by atoms with E-state index in [0.717, 1.165) is 25.7 Å². The second-order valence-electron chi connectivity index (χ2n) is 4.63. The standard InChI is InChI=1S/C12H17N3O4S/c16-12(17)10-6-5-7-11(13-10)14-20(18,19)15-8-3-1-2-4-9-15/h5-7H,1-4,8-9H2,(H,13,14)(H,16,17). The van der Waals surface area contributed by atoms with Gasteiger partial charge in [0.1, 0.15) is 5.82 Å². The zero-order chi connectivity index (χ0) is 14.6. The second kappa shape index (κ2) is 6.19. The molecule has 0 amide bonds. The molecule has 0 aliphatic carbocycles. The molecule has 1 aliphatic rings. The largest absolute Gasteiger partial charge is 0.477 e. The molecular formula is C12H17N3O4S. The lowest BCUT2D eigenvalue weighted by molar-refractivity contribution is 0.0690. The Bertz CT molecular complexity index is 580. The van der Waals surface area contributed by atoms with Crippen molar-refractivity contribution in [2.24, 2.45) is 0 Å². The number of carbonyl (C=O) groups is 1. The SMILES string of the molecule is O=C(O)c1cccc(NS(=O)(=O)N2CCCCCC2)n1. The van der Waals surface area contributed by atoms with E-state index in [0.29, 0.717) is 13.1 Å². The van der Waals surface area contributed by atoms with Crippen LogP contribution in [-0.2, 0) is 10.2 Å². The number of carboxylic acids is 1. The molecule has 0 radical (unpaired) electrons. The third-order valence-electron chi connectivity index (χ3n) is 3.11. The number of nitrogens with zero attached hydrogens (tertiary/aromatic N) is 2. The number of hydrogen-bond donors (Lipinski definition) is 2. The highest BCUT2D eigenvalue weighted by molar-refractivity contribution is 7.90. The zero-order valence-electron chi connectivity index (χ0n) is 10.9. The second-order valence-corrected chi connectivity index (χ2v) is 6.30. The monoisotopic (exact) mass is 299 g/mol. The van der Waals surface area contributed by atoms with Crippen molar-refractivity contribution in [3.8, 4) is 0 Å². The van der Waals surface area contributed by atoms with Gasteiger partial charge in [-0.25, -0.2) is 9.78 Å². The molecule has 1 aromatic rings. The average molecular weight is 299 g/mol. The van der Waals surface area contributed by atoms with Crippen molar-refractivity contribution in [3.63, 3.8) is 0 Å². The molecule has 1 saturated heterocycles. The molecule has 1 fully saturated rings. The highest BCUT2D eigenvalue weighted by atomic mass is 32.2. The lowest BCUT2D eigenvalue weighted by atomic mass is 10.2. The minimum atomic E-state index is -3.67. The summed E-state index contributed by atoms with van der Waals surface area (Å²) < 4.78 is 28.2. The summed E-state index contributed by atoms with van der Waals surface area (Å²) in [7, 11) is -3.67. The van der Waals surface area contributed by atoms with Crippen LogP contribution >= 0.6 is 0 Å². The van der Waals surface area contributed by atoms with Crippen LogP contribution in [0.3, 0.4) is 0 Å². The first-order chi connectivity index (χ1) is 9.49. The predicted octanol–water partition coefficient (Wildman–Crippen LogP) is 1.31. The molecule has 20 heavy (non-hydrogen) atoms. The Morgan fingerprint density at radius 1 is 1.20 bits per heavy atom. The molecule has 1 aliphatic heterocycles. The van der Waals surface area contributed by atoms with Gasteiger partial charge in [0, 0.05) is 13.1 Å². The first-order valence-electron chi connectivity index (χ1n) is 6.47. The summed E-state index contributed by atoms with van der Waals surface area (Å²) >= 11 is 0. The lowest BCUT2D eigenvalue weighted by Gasteiger charge is -2.20. The van der Waals surface area contributed by atoms with Crippen molar-refractivity contribution in [2.45, 2.75) is 25.7 Å². The number of nitrogens with one attached hydrogen (secondary N) is 1. The highest BCUT2D eigenvalue weighted by Gasteiger charge is 2.23. The fraction of sp³-hybridized carbons (Fsp3) is 0.500. The van der Waals surface area contributed by atoms with E-state index in [2.05, 4.69) is 9.71 Å². The van der Waals surface area contributed by atoms with Gasteiger partial charge in [-0.15, -0.1) is 0 Å². The molecule has 8 heteroatoms. The fourth-order valence-electron chi connectivity index (χ4n) is 2.09. The third-order valence-corrected chi connectivity index (χ3v) is 4.62. The van der Waals surface area contributed by atoms with Gasteiger partial charge in [-0.05, 0) is 25.0 Å². The van der Waals surface area contributed by atoms with Gasteiger partial charge in [0.05, 0.1) is 0 Å². The van der Waals surface area contributed by atoms with Crippen molar-refractivity contribution >= 4 is 22.0 Å². The van der Waals surface area contributed by atoms with E-state index < -0.39 is 16.2 Å². The number of aromatic nitrogens is 1. The van der Waals surface area contributed by atoms with Crippen LogP contribution in [0.4, 0.5) is 5.82 Å². The minimum absolute atomic E-state index is 0.0224. The maximum atomic E-state index is 12.2. The van der Waals surface area contributed by atoms with Gasteiger partial charge < -0.3 is 5.11 Å². The van der Waals surface area contributed by atoms with E-state index in [1.165, 1.54) is 22.5 Å². The van der Waals surface area contributed by atoms with E-state index in [1.807, 2.05) is 0 Å². The Hall–Kier alpha value is -1.67. The third kappa shape index (κ3) is 3.67. The van der Waals surface area contributed by atoms with E-state index in [1.54, 1.807) is 0 Å². The Balaban J connectivity index is 2.14. The summed E-state index contributed by atoms with van der Waals surface area (Å²) in [4.78, 5) is 14.6. The number of aromatic carboxylic acids is 1. The van der Waals surface area contributed by atoms with Crippen LogP contribution in [0.2, 0.25) is 0 Å². The van der Waals surface area contributed by atoms with Crippen LogP contribution in [-0.4, -0.2) is 41.9 Å². The lowest BCUT2D eigenvalue weighted by Crippen LogP contribution is -2.36.